The van der Waals surface area contributed by atoms with Gasteiger partial charge in [-0.05, 0) is 13.3 Å². The molecular weight excluding hydrogens is 186 g/mol. The molecule has 1 aromatic heterocycles. The molecule has 0 radical (unpaired) electrons. The number of unbranched alkanes of at least 4 members (excludes halogenated alkanes) is 5. The summed E-state index contributed by atoms with van der Waals surface area (Å²) in [5, 5.41) is 8.07. The molecule has 86 valence electrons. The Kier molecular flexibility index (Phi) is 6.05. The second-order valence-electron chi connectivity index (χ2n) is 4.05. The molecule has 0 spiro atoms. The summed E-state index contributed by atoms with van der Waals surface area (Å²) in [7, 11) is 0. The lowest BCUT2D eigenvalue weighted by atomic mass is 10.1. The fourth-order valence-electron chi connectivity index (χ4n) is 1.80. The Hall–Kier alpha value is -0.860. The van der Waals surface area contributed by atoms with Crippen molar-refractivity contribution in [2.45, 2.75) is 65.3 Å². The van der Waals surface area contributed by atoms with Gasteiger partial charge in [0.15, 0.2) is 0 Å². The fraction of sp³-hybridized carbons (Fsp3) is 0.833. The van der Waals surface area contributed by atoms with Crippen LogP contribution in [-0.2, 0) is 13.0 Å². The Bertz CT molecular complexity index is 255. The summed E-state index contributed by atoms with van der Waals surface area (Å²) < 4.78 is 2.13. The van der Waals surface area contributed by atoms with Gasteiger partial charge in [-0.25, -0.2) is 0 Å². The van der Waals surface area contributed by atoms with Gasteiger partial charge in [-0.2, -0.15) is 0 Å². The van der Waals surface area contributed by atoms with Crippen molar-refractivity contribution in [3.8, 4) is 0 Å². The average molecular weight is 209 g/mol. The molecule has 3 heteroatoms. The summed E-state index contributed by atoms with van der Waals surface area (Å²) in [6.07, 6.45) is 11.0. The number of nitrogens with zero attached hydrogens (tertiary/aromatic N) is 3. The zero-order valence-electron chi connectivity index (χ0n) is 10.1. The van der Waals surface area contributed by atoms with Gasteiger partial charge in [-0.15, -0.1) is 10.2 Å². The second-order valence-corrected chi connectivity index (χ2v) is 4.05. The van der Waals surface area contributed by atoms with Crippen LogP contribution in [0.4, 0.5) is 0 Å². The third-order valence-electron chi connectivity index (χ3n) is 2.79. The Labute approximate surface area is 92.9 Å². The quantitative estimate of drug-likeness (QED) is 0.615. The molecule has 1 rings (SSSR count). The molecule has 0 N–H and O–H groups in total. The van der Waals surface area contributed by atoms with Crippen LogP contribution in [0.2, 0.25) is 0 Å². The van der Waals surface area contributed by atoms with E-state index in [-0.39, 0.29) is 0 Å². The van der Waals surface area contributed by atoms with Gasteiger partial charge in [0.2, 0.25) is 0 Å². The third-order valence-corrected chi connectivity index (χ3v) is 2.79. The topological polar surface area (TPSA) is 30.7 Å². The molecule has 0 aromatic carbocycles. The molecule has 0 aliphatic carbocycles. The summed E-state index contributed by atoms with van der Waals surface area (Å²) in [6, 6.07) is 0. The zero-order chi connectivity index (χ0) is 10.9. The fourth-order valence-corrected chi connectivity index (χ4v) is 1.80. The first-order valence-corrected chi connectivity index (χ1v) is 6.25. The number of aryl methyl sites for hydroxylation is 2. The highest BCUT2D eigenvalue weighted by Crippen LogP contribution is 2.08. The van der Waals surface area contributed by atoms with Gasteiger partial charge in [0.05, 0.1) is 0 Å². The summed E-state index contributed by atoms with van der Waals surface area (Å²) in [5.41, 5.74) is 0. The Morgan fingerprint density at radius 3 is 2.53 bits per heavy atom. The van der Waals surface area contributed by atoms with Crippen LogP contribution >= 0.6 is 0 Å². The van der Waals surface area contributed by atoms with Crippen LogP contribution in [0, 0.1) is 0 Å². The maximum Gasteiger partial charge on any atom is 0.132 e. The first-order valence-electron chi connectivity index (χ1n) is 6.25. The predicted molar refractivity (Wildman–Crippen MR) is 62.8 cm³/mol. The lowest BCUT2D eigenvalue weighted by Gasteiger charge is -2.02. The Balaban J connectivity index is 2.09. The van der Waals surface area contributed by atoms with Gasteiger partial charge < -0.3 is 4.57 Å². The lowest BCUT2D eigenvalue weighted by molar-refractivity contribution is 0.587. The molecule has 0 unspecified atom stereocenters. The SMILES string of the molecule is CCCCCCCCc1nncn1CC. The molecule has 15 heavy (non-hydrogen) atoms. The van der Waals surface area contributed by atoms with Crippen molar-refractivity contribution in [3.63, 3.8) is 0 Å². The lowest BCUT2D eigenvalue weighted by Crippen LogP contribution is -2.00. The highest BCUT2D eigenvalue weighted by molar-refractivity contribution is 4.85. The molecule has 0 aliphatic rings. The molecular formula is C12H23N3. The monoisotopic (exact) mass is 209 g/mol. The van der Waals surface area contributed by atoms with Crippen LogP contribution in [0.1, 0.15) is 58.2 Å². The first kappa shape index (κ1) is 12.2. The van der Waals surface area contributed by atoms with E-state index in [1.807, 2.05) is 6.33 Å². The predicted octanol–water partition coefficient (Wildman–Crippen LogP) is 3.20. The van der Waals surface area contributed by atoms with Gasteiger partial charge in [0.25, 0.3) is 0 Å². The molecule has 0 saturated heterocycles. The number of hydrogen-bond donors (Lipinski definition) is 0. The molecule has 0 fully saturated rings. The van der Waals surface area contributed by atoms with Gasteiger partial charge >= 0.3 is 0 Å². The van der Waals surface area contributed by atoms with E-state index < -0.39 is 0 Å². The van der Waals surface area contributed by atoms with Crippen molar-refractivity contribution < 1.29 is 0 Å². The van der Waals surface area contributed by atoms with E-state index in [9.17, 15) is 0 Å². The van der Waals surface area contributed by atoms with E-state index in [4.69, 9.17) is 0 Å². The van der Waals surface area contributed by atoms with Gasteiger partial charge in [-0.1, -0.05) is 39.0 Å². The molecule has 1 aromatic rings. The zero-order valence-corrected chi connectivity index (χ0v) is 10.1. The van der Waals surface area contributed by atoms with Crippen LogP contribution in [0.15, 0.2) is 6.33 Å². The van der Waals surface area contributed by atoms with E-state index in [2.05, 4.69) is 28.6 Å². The molecule has 0 aliphatic heterocycles. The van der Waals surface area contributed by atoms with E-state index >= 15 is 0 Å². The Morgan fingerprint density at radius 1 is 1.07 bits per heavy atom. The number of hydrogen-bond acceptors (Lipinski definition) is 2. The molecule has 0 saturated carbocycles. The number of rotatable bonds is 8. The largest absolute Gasteiger partial charge is 0.318 e. The summed E-state index contributed by atoms with van der Waals surface area (Å²) >= 11 is 0. The maximum absolute atomic E-state index is 4.13. The summed E-state index contributed by atoms with van der Waals surface area (Å²) in [6.45, 7) is 5.37. The van der Waals surface area contributed by atoms with Crippen LogP contribution in [0.5, 0.6) is 0 Å². The average Bonchev–Trinajstić information content (AvgIpc) is 2.70. The van der Waals surface area contributed by atoms with Crippen LogP contribution < -0.4 is 0 Å². The number of aromatic nitrogens is 3. The van der Waals surface area contributed by atoms with Crippen LogP contribution in [0.25, 0.3) is 0 Å². The minimum absolute atomic E-state index is 0.984. The standard InChI is InChI=1S/C12H23N3/c1-3-5-6-7-8-9-10-12-14-13-11-15(12)4-2/h11H,3-10H2,1-2H3. The molecule has 1 heterocycles. The highest BCUT2D eigenvalue weighted by atomic mass is 15.3. The molecule has 0 atom stereocenters. The first-order chi connectivity index (χ1) is 7.38. The van der Waals surface area contributed by atoms with Gasteiger partial charge in [0.1, 0.15) is 12.2 Å². The van der Waals surface area contributed by atoms with Crippen molar-refractivity contribution >= 4 is 0 Å². The molecule has 3 nitrogen and oxygen atoms in total. The maximum atomic E-state index is 4.13. The normalized spacial score (nSPS) is 10.8. The van der Waals surface area contributed by atoms with Crippen molar-refractivity contribution in [1.82, 2.24) is 14.8 Å². The van der Waals surface area contributed by atoms with Crippen molar-refractivity contribution in [3.05, 3.63) is 12.2 Å². The molecule has 0 amide bonds. The summed E-state index contributed by atoms with van der Waals surface area (Å²) in [4.78, 5) is 0. The smallest absolute Gasteiger partial charge is 0.132 e. The van der Waals surface area contributed by atoms with E-state index in [0.29, 0.717) is 0 Å². The van der Waals surface area contributed by atoms with Crippen molar-refractivity contribution in [1.29, 1.82) is 0 Å². The highest BCUT2D eigenvalue weighted by Gasteiger charge is 2.01. The van der Waals surface area contributed by atoms with E-state index in [1.54, 1.807) is 0 Å². The summed E-state index contributed by atoms with van der Waals surface area (Å²) in [5.74, 6) is 1.15. The molecule has 0 bridgehead atoms. The van der Waals surface area contributed by atoms with Crippen LogP contribution in [0.3, 0.4) is 0 Å². The van der Waals surface area contributed by atoms with Crippen LogP contribution in [-0.4, -0.2) is 14.8 Å². The van der Waals surface area contributed by atoms with Gasteiger partial charge in [-0.3, -0.25) is 0 Å². The van der Waals surface area contributed by atoms with E-state index in [1.165, 1.54) is 38.5 Å². The van der Waals surface area contributed by atoms with E-state index in [0.717, 1.165) is 18.8 Å². The third kappa shape index (κ3) is 4.45. The minimum atomic E-state index is 0.984. The van der Waals surface area contributed by atoms with Crippen molar-refractivity contribution in [2.75, 3.05) is 0 Å². The van der Waals surface area contributed by atoms with Gasteiger partial charge in [0, 0.05) is 13.0 Å². The minimum Gasteiger partial charge on any atom is -0.318 e. The second kappa shape index (κ2) is 7.43. The Morgan fingerprint density at radius 2 is 1.80 bits per heavy atom. The van der Waals surface area contributed by atoms with Crippen molar-refractivity contribution in [2.24, 2.45) is 0 Å².